The lowest BCUT2D eigenvalue weighted by atomic mass is 10.0. The Balaban J connectivity index is 1.28. The van der Waals surface area contributed by atoms with E-state index in [1.807, 2.05) is 29.2 Å². The first-order valence-electron chi connectivity index (χ1n) is 11.5. The Morgan fingerprint density at radius 3 is 2.62 bits per heavy atom. The Hall–Kier alpha value is -3.79. The first-order valence-corrected chi connectivity index (χ1v) is 11.5. The molecule has 3 aromatic heterocycles. The summed E-state index contributed by atoms with van der Waals surface area (Å²) in [6, 6.07) is 7.91. The van der Waals surface area contributed by atoms with Crippen molar-refractivity contribution in [3.8, 4) is 0 Å². The van der Waals surface area contributed by atoms with Crippen molar-refractivity contribution in [2.45, 2.75) is 37.8 Å². The third kappa shape index (κ3) is 5.40. The number of carbonyl (C=O) groups is 2. The van der Waals surface area contributed by atoms with Gasteiger partial charge in [0.1, 0.15) is 11.6 Å². The van der Waals surface area contributed by atoms with Gasteiger partial charge in [0.2, 0.25) is 0 Å². The summed E-state index contributed by atoms with van der Waals surface area (Å²) in [4.78, 5) is 39.0. The molecule has 10 heteroatoms. The number of hydrogen-bond acceptors (Lipinski definition) is 8. The third-order valence-electron chi connectivity index (χ3n) is 6.11. The van der Waals surface area contributed by atoms with E-state index < -0.39 is 5.97 Å². The molecule has 0 atom stereocenters. The Kier molecular flexibility index (Phi) is 6.22. The van der Waals surface area contributed by atoms with Gasteiger partial charge in [-0.05, 0) is 43.9 Å². The maximum Gasteiger partial charge on any atom is 0.317 e. The number of aromatic nitrogens is 3. The van der Waals surface area contributed by atoms with Gasteiger partial charge in [0.15, 0.2) is 0 Å². The third-order valence-corrected chi connectivity index (χ3v) is 6.11. The molecule has 4 heterocycles. The summed E-state index contributed by atoms with van der Waals surface area (Å²) in [5, 5.41) is 19.7. The highest BCUT2D eigenvalue weighted by atomic mass is 16.4. The van der Waals surface area contributed by atoms with Crippen molar-refractivity contribution in [1.82, 2.24) is 25.2 Å². The van der Waals surface area contributed by atoms with Gasteiger partial charge in [0.05, 0.1) is 23.3 Å². The minimum absolute atomic E-state index is 0.0143. The number of hydrogen-bond donors (Lipinski definition) is 4. The molecule has 2 fully saturated rings. The first kappa shape index (κ1) is 22.0. The lowest BCUT2D eigenvalue weighted by Gasteiger charge is -2.31. The fourth-order valence-electron chi connectivity index (χ4n) is 4.13. The van der Waals surface area contributed by atoms with Crippen molar-refractivity contribution in [3.63, 3.8) is 0 Å². The molecule has 1 saturated carbocycles. The molecule has 1 aliphatic heterocycles. The molecular weight excluding hydrogens is 434 g/mol. The molecule has 34 heavy (non-hydrogen) atoms. The Morgan fingerprint density at radius 2 is 1.85 bits per heavy atom. The standard InChI is InChI=1S/C24H27N7O3/c32-23(33)14-31-9-6-17(7-10-31)28-24(34)18-13-26-22(11-20(18)27-16-2-3-16)30-21-4-1-15-12-25-8-5-19(15)29-21/h1,4-5,8,11-13,16-17H,2-3,6-7,9-10,14H2,(H,28,34)(H,32,33)(H2,26,27,29,30). The minimum atomic E-state index is -0.825. The maximum atomic E-state index is 13.1. The summed E-state index contributed by atoms with van der Waals surface area (Å²) in [5.74, 6) is 0.264. The lowest BCUT2D eigenvalue weighted by molar-refractivity contribution is -0.138. The van der Waals surface area contributed by atoms with E-state index in [0.717, 1.165) is 42.3 Å². The molecule has 10 nitrogen and oxygen atoms in total. The van der Waals surface area contributed by atoms with Crippen LogP contribution < -0.4 is 16.0 Å². The number of anilines is 3. The quantitative estimate of drug-likeness (QED) is 0.399. The average Bonchev–Trinajstić information content (AvgIpc) is 3.64. The van der Waals surface area contributed by atoms with Crippen LogP contribution in [0.15, 0.2) is 42.9 Å². The van der Waals surface area contributed by atoms with Crippen molar-refractivity contribution in [1.29, 1.82) is 0 Å². The lowest BCUT2D eigenvalue weighted by Crippen LogP contribution is -2.46. The van der Waals surface area contributed by atoms with E-state index in [-0.39, 0.29) is 18.5 Å². The molecule has 0 unspecified atom stereocenters. The predicted octanol–water partition coefficient (Wildman–Crippen LogP) is 2.62. The predicted molar refractivity (Wildman–Crippen MR) is 128 cm³/mol. The number of amides is 1. The number of fused-ring (bicyclic) bond motifs is 1. The van der Waals surface area contributed by atoms with E-state index in [0.29, 0.717) is 36.3 Å². The van der Waals surface area contributed by atoms with Gasteiger partial charge in [-0.1, -0.05) is 0 Å². The number of rotatable bonds is 8. The summed E-state index contributed by atoms with van der Waals surface area (Å²) < 4.78 is 0. The van der Waals surface area contributed by atoms with Crippen LogP contribution >= 0.6 is 0 Å². The van der Waals surface area contributed by atoms with Crippen molar-refractivity contribution < 1.29 is 14.7 Å². The second kappa shape index (κ2) is 9.60. The van der Waals surface area contributed by atoms with Crippen LogP contribution in [0.5, 0.6) is 0 Å². The molecular formula is C24H27N7O3. The molecule has 0 radical (unpaired) electrons. The van der Waals surface area contributed by atoms with E-state index in [1.54, 1.807) is 18.6 Å². The van der Waals surface area contributed by atoms with Gasteiger partial charge < -0.3 is 21.1 Å². The van der Waals surface area contributed by atoms with E-state index in [2.05, 4.69) is 30.9 Å². The van der Waals surface area contributed by atoms with Gasteiger partial charge >= 0.3 is 5.97 Å². The number of carbonyl (C=O) groups excluding carboxylic acids is 1. The summed E-state index contributed by atoms with van der Waals surface area (Å²) in [5.41, 5.74) is 2.08. The van der Waals surface area contributed by atoms with E-state index in [4.69, 9.17) is 5.11 Å². The first-order chi connectivity index (χ1) is 16.5. The van der Waals surface area contributed by atoms with Crippen LogP contribution in [0.4, 0.5) is 17.3 Å². The van der Waals surface area contributed by atoms with Gasteiger partial charge in [0.25, 0.3) is 5.91 Å². The van der Waals surface area contributed by atoms with E-state index in [1.165, 1.54) is 0 Å². The Morgan fingerprint density at radius 1 is 1.03 bits per heavy atom. The summed E-state index contributed by atoms with van der Waals surface area (Å²) in [6.45, 7) is 1.35. The molecule has 1 saturated heterocycles. The van der Waals surface area contributed by atoms with Gasteiger partial charge in [-0.25, -0.2) is 9.97 Å². The smallest absolute Gasteiger partial charge is 0.317 e. The number of nitrogens with one attached hydrogen (secondary N) is 3. The minimum Gasteiger partial charge on any atom is -0.480 e. The van der Waals surface area contributed by atoms with Crippen molar-refractivity contribution in [2.24, 2.45) is 0 Å². The van der Waals surface area contributed by atoms with Crippen LogP contribution in [-0.2, 0) is 4.79 Å². The van der Waals surface area contributed by atoms with Crippen LogP contribution in [0.2, 0.25) is 0 Å². The topological polar surface area (TPSA) is 132 Å². The number of nitrogens with zero attached hydrogens (tertiary/aromatic N) is 4. The van der Waals surface area contributed by atoms with Crippen LogP contribution in [0.25, 0.3) is 10.9 Å². The monoisotopic (exact) mass is 461 g/mol. The molecule has 1 amide bonds. The molecule has 5 rings (SSSR count). The highest BCUT2D eigenvalue weighted by molar-refractivity contribution is 6.00. The SMILES string of the molecule is O=C(O)CN1CCC(NC(=O)c2cnc(Nc3ccc4cnccc4n3)cc2NC2CC2)CC1. The van der Waals surface area contributed by atoms with Crippen molar-refractivity contribution >= 4 is 40.1 Å². The maximum absolute atomic E-state index is 13.1. The number of piperidine rings is 1. The van der Waals surface area contributed by atoms with Gasteiger partial charge in [-0.3, -0.25) is 19.5 Å². The number of aliphatic carboxylic acids is 1. The van der Waals surface area contributed by atoms with Crippen LogP contribution in [0, 0.1) is 0 Å². The zero-order valence-corrected chi connectivity index (χ0v) is 18.7. The molecule has 176 valence electrons. The van der Waals surface area contributed by atoms with Gasteiger partial charge in [-0.2, -0.15) is 0 Å². The van der Waals surface area contributed by atoms with Gasteiger partial charge in [0, 0.05) is 55.2 Å². The number of pyridine rings is 3. The molecule has 0 spiro atoms. The summed E-state index contributed by atoms with van der Waals surface area (Å²) >= 11 is 0. The molecule has 2 aliphatic rings. The fourth-order valence-corrected chi connectivity index (χ4v) is 4.13. The van der Waals surface area contributed by atoms with E-state index >= 15 is 0 Å². The second-order valence-electron chi connectivity index (χ2n) is 8.84. The van der Waals surface area contributed by atoms with Gasteiger partial charge in [-0.15, -0.1) is 0 Å². The fraction of sp³-hybridized carbons (Fsp3) is 0.375. The zero-order valence-electron chi connectivity index (χ0n) is 18.7. The van der Waals surface area contributed by atoms with Crippen LogP contribution in [0.1, 0.15) is 36.0 Å². The van der Waals surface area contributed by atoms with Crippen molar-refractivity contribution in [2.75, 3.05) is 30.3 Å². The van der Waals surface area contributed by atoms with Crippen molar-refractivity contribution in [3.05, 3.63) is 48.4 Å². The Bertz CT molecular complexity index is 1210. The summed E-state index contributed by atoms with van der Waals surface area (Å²) in [7, 11) is 0. The largest absolute Gasteiger partial charge is 0.480 e. The molecule has 0 bridgehead atoms. The Labute approximate surface area is 196 Å². The molecule has 0 aromatic carbocycles. The van der Waals surface area contributed by atoms with Crippen LogP contribution in [-0.4, -0.2) is 68.6 Å². The van der Waals surface area contributed by atoms with Crippen LogP contribution in [0.3, 0.4) is 0 Å². The second-order valence-corrected chi connectivity index (χ2v) is 8.84. The molecule has 4 N–H and O–H groups in total. The molecule has 3 aromatic rings. The number of likely N-dealkylation sites (tertiary alicyclic amines) is 1. The number of carboxylic acids is 1. The number of carboxylic acid groups (broad SMARTS) is 1. The van der Waals surface area contributed by atoms with E-state index in [9.17, 15) is 9.59 Å². The normalized spacial score (nSPS) is 16.8. The average molecular weight is 462 g/mol. The zero-order chi connectivity index (χ0) is 23.5. The molecule has 1 aliphatic carbocycles. The highest BCUT2D eigenvalue weighted by Crippen LogP contribution is 2.29. The summed E-state index contributed by atoms with van der Waals surface area (Å²) in [6.07, 6.45) is 8.67. The highest BCUT2D eigenvalue weighted by Gasteiger charge is 2.26.